The molecule has 0 bridgehead atoms. The highest BCUT2D eigenvalue weighted by atomic mass is 19.1. The zero-order chi connectivity index (χ0) is 21.3. The van der Waals surface area contributed by atoms with E-state index in [2.05, 4.69) is 0 Å². The van der Waals surface area contributed by atoms with Crippen molar-refractivity contribution in [2.24, 2.45) is 0 Å². The van der Waals surface area contributed by atoms with Crippen molar-refractivity contribution >= 4 is 17.5 Å². The van der Waals surface area contributed by atoms with E-state index >= 15 is 0 Å². The lowest BCUT2D eigenvalue weighted by atomic mass is 9.82. The number of hydrogen-bond donors (Lipinski definition) is 0. The van der Waals surface area contributed by atoms with Crippen LogP contribution in [0.4, 0.5) is 4.39 Å². The number of nitrogens with zero attached hydrogens (tertiary/aromatic N) is 1. The van der Waals surface area contributed by atoms with Gasteiger partial charge in [-0.05, 0) is 43.3 Å². The number of halogens is 1. The van der Waals surface area contributed by atoms with E-state index in [0.29, 0.717) is 49.2 Å². The minimum absolute atomic E-state index is 0.0847. The molecule has 4 rings (SSSR count). The Morgan fingerprint density at radius 3 is 2.47 bits per heavy atom. The molecule has 0 radical (unpaired) electrons. The summed E-state index contributed by atoms with van der Waals surface area (Å²) < 4.78 is 19.2. The molecule has 1 fully saturated rings. The lowest BCUT2D eigenvalue weighted by Crippen LogP contribution is -2.52. The molecule has 0 unspecified atom stereocenters. The zero-order valence-corrected chi connectivity index (χ0v) is 16.9. The topological polar surface area (TPSA) is 63.7 Å². The van der Waals surface area contributed by atoms with Crippen molar-refractivity contribution < 1.29 is 23.5 Å². The molecule has 0 N–H and O–H groups in total. The van der Waals surface area contributed by atoms with Gasteiger partial charge >= 0.3 is 0 Å². The number of ether oxygens (including phenoxy) is 1. The summed E-state index contributed by atoms with van der Waals surface area (Å²) in [5.74, 6) is 0.0561. The van der Waals surface area contributed by atoms with Crippen molar-refractivity contribution in [2.45, 2.75) is 44.6 Å². The predicted octanol–water partition coefficient (Wildman–Crippen LogP) is 4.12. The molecule has 0 atom stereocenters. The minimum atomic E-state index is -0.556. The number of ketones is 2. The van der Waals surface area contributed by atoms with E-state index in [1.54, 1.807) is 4.90 Å². The molecule has 1 amide bonds. The van der Waals surface area contributed by atoms with Crippen molar-refractivity contribution in [3.8, 4) is 5.75 Å². The van der Waals surface area contributed by atoms with Crippen LogP contribution in [0.1, 0.15) is 58.4 Å². The number of carbonyl (C=O) groups is 3. The molecule has 2 aliphatic heterocycles. The van der Waals surface area contributed by atoms with Crippen molar-refractivity contribution in [1.29, 1.82) is 0 Å². The monoisotopic (exact) mass is 409 g/mol. The Bertz CT molecular complexity index is 991. The van der Waals surface area contributed by atoms with Gasteiger partial charge in [0.05, 0.1) is 12.0 Å². The molecule has 2 aliphatic rings. The van der Waals surface area contributed by atoms with Gasteiger partial charge in [-0.1, -0.05) is 11.6 Å². The molecule has 30 heavy (non-hydrogen) atoms. The molecule has 5 nitrogen and oxygen atoms in total. The number of Topliss-reactive ketones (excluding diaryl/α,β-unsaturated/α-hetero) is 2. The van der Waals surface area contributed by atoms with Gasteiger partial charge in [0.1, 0.15) is 17.2 Å². The minimum Gasteiger partial charge on any atom is -0.486 e. The highest BCUT2D eigenvalue weighted by Gasteiger charge is 2.43. The van der Waals surface area contributed by atoms with Crippen molar-refractivity contribution in [3.63, 3.8) is 0 Å². The summed E-state index contributed by atoms with van der Waals surface area (Å²) in [6.07, 6.45) is 1.71. The quantitative estimate of drug-likeness (QED) is 0.713. The van der Waals surface area contributed by atoms with Gasteiger partial charge in [0, 0.05) is 44.3 Å². The molecular weight excluding hydrogens is 385 g/mol. The highest BCUT2D eigenvalue weighted by molar-refractivity contribution is 6.00. The van der Waals surface area contributed by atoms with Crippen LogP contribution in [0, 0.1) is 12.7 Å². The summed E-state index contributed by atoms with van der Waals surface area (Å²) in [5.41, 5.74) is 1.51. The fourth-order valence-corrected chi connectivity index (χ4v) is 4.21. The number of amides is 1. The lowest BCUT2D eigenvalue weighted by molar-refractivity contribution is -0.134. The molecule has 2 heterocycles. The van der Waals surface area contributed by atoms with Crippen LogP contribution in [0.5, 0.6) is 5.75 Å². The number of piperidine rings is 1. The Morgan fingerprint density at radius 2 is 1.77 bits per heavy atom. The van der Waals surface area contributed by atoms with Gasteiger partial charge in [-0.25, -0.2) is 4.39 Å². The third kappa shape index (κ3) is 4.13. The summed E-state index contributed by atoms with van der Waals surface area (Å²) in [4.78, 5) is 39.2. The fourth-order valence-electron chi connectivity index (χ4n) is 4.21. The molecule has 6 heteroatoms. The zero-order valence-electron chi connectivity index (χ0n) is 16.9. The van der Waals surface area contributed by atoms with Gasteiger partial charge in [0.2, 0.25) is 5.91 Å². The largest absolute Gasteiger partial charge is 0.486 e. The number of aryl methyl sites for hydroxylation is 1. The summed E-state index contributed by atoms with van der Waals surface area (Å²) in [6, 6.07) is 11.0. The summed E-state index contributed by atoms with van der Waals surface area (Å²) >= 11 is 0. The van der Waals surface area contributed by atoms with E-state index in [9.17, 15) is 18.8 Å². The third-order valence-electron chi connectivity index (χ3n) is 6.00. The Balaban J connectivity index is 1.32. The van der Waals surface area contributed by atoms with Crippen LogP contribution in [-0.2, 0) is 4.79 Å². The molecule has 156 valence electrons. The van der Waals surface area contributed by atoms with Crippen molar-refractivity contribution in [3.05, 3.63) is 65.0 Å². The second-order valence-corrected chi connectivity index (χ2v) is 8.20. The van der Waals surface area contributed by atoms with Crippen LogP contribution in [0.2, 0.25) is 0 Å². The van der Waals surface area contributed by atoms with Gasteiger partial charge in [-0.2, -0.15) is 0 Å². The van der Waals surface area contributed by atoms with Crippen LogP contribution in [-0.4, -0.2) is 41.1 Å². The SMILES string of the molecule is Cc1ccc2c(c1)C(=O)CC1(CCN(C(=O)CCC(=O)c3ccc(F)cc3)CC1)O2. The average Bonchev–Trinajstić information content (AvgIpc) is 2.73. The lowest BCUT2D eigenvalue weighted by Gasteiger charge is -2.44. The van der Waals surface area contributed by atoms with Gasteiger partial charge in [-0.15, -0.1) is 0 Å². The smallest absolute Gasteiger partial charge is 0.223 e. The number of hydrogen-bond acceptors (Lipinski definition) is 4. The predicted molar refractivity (Wildman–Crippen MR) is 109 cm³/mol. The van der Waals surface area contributed by atoms with Gasteiger partial charge in [0.15, 0.2) is 11.6 Å². The second-order valence-electron chi connectivity index (χ2n) is 8.20. The molecule has 0 aromatic heterocycles. The average molecular weight is 409 g/mol. The molecule has 2 aromatic rings. The number of rotatable bonds is 4. The van der Waals surface area contributed by atoms with E-state index in [-0.39, 0.29) is 30.3 Å². The van der Waals surface area contributed by atoms with Crippen LogP contribution in [0.15, 0.2) is 42.5 Å². The number of likely N-dealkylation sites (tertiary alicyclic amines) is 1. The first kappa shape index (κ1) is 20.3. The van der Waals surface area contributed by atoms with E-state index in [1.807, 2.05) is 25.1 Å². The standard InChI is InChI=1S/C24H24FNO4/c1-16-2-8-22-19(14-16)21(28)15-24(30-22)10-12-26(13-11-24)23(29)9-7-20(27)17-3-5-18(25)6-4-17/h2-6,8,14H,7,9-13,15H2,1H3. The Hall–Kier alpha value is -3.02. The van der Waals surface area contributed by atoms with Crippen LogP contribution < -0.4 is 4.74 Å². The summed E-state index contributed by atoms with van der Waals surface area (Å²) in [6.45, 7) is 2.94. The molecule has 1 spiro atoms. The Morgan fingerprint density at radius 1 is 1.07 bits per heavy atom. The van der Waals surface area contributed by atoms with Crippen molar-refractivity contribution in [2.75, 3.05) is 13.1 Å². The molecule has 1 saturated heterocycles. The Labute approximate surface area is 174 Å². The number of carbonyl (C=O) groups excluding carboxylic acids is 3. The van der Waals surface area contributed by atoms with Crippen LogP contribution in [0.3, 0.4) is 0 Å². The summed E-state index contributed by atoms with van der Waals surface area (Å²) in [7, 11) is 0. The molecule has 0 aliphatic carbocycles. The van der Waals surface area contributed by atoms with E-state index in [4.69, 9.17) is 4.74 Å². The first-order chi connectivity index (χ1) is 14.3. The number of benzene rings is 2. The second kappa shape index (κ2) is 8.01. The fraction of sp³-hybridized carbons (Fsp3) is 0.375. The maximum atomic E-state index is 13.0. The molecular formula is C24H24FNO4. The van der Waals surface area contributed by atoms with Crippen LogP contribution in [0.25, 0.3) is 0 Å². The van der Waals surface area contributed by atoms with E-state index < -0.39 is 11.4 Å². The normalized spacial score (nSPS) is 17.4. The van der Waals surface area contributed by atoms with Gasteiger partial charge in [-0.3, -0.25) is 14.4 Å². The van der Waals surface area contributed by atoms with Crippen molar-refractivity contribution in [1.82, 2.24) is 4.90 Å². The third-order valence-corrected chi connectivity index (χ3v) is 6.00. The number of fused-ring (bicyclic) bond motifs is 1. The molecule has 2 aromatic carbocycles. The Kier molecular flexibility index (Phi) is 5.41. The maximum Gasteiger partial charge on any atom is 0.223 e. The molecule has 0 saturated carbocycles. The highest BCUT2D eigenvalue weighted by Crippen LogP contribution is 2.39. The van der Waals surface area contributed by atoms with E-state index in [1.165, 1.54) is 24.3 Å². The maximum absolute atomic E-state index is 13.0. The van der Waals surface area contributed by atoms with Gasteiger partial charge < -0.3 is 9.64 Å². The summed E-state index contributed by atoms with van der Waals surface area (Å²) in [5, 5.41) is 0. The van der Waals surface area contributed by atoms with E-state index in [0.717, 1.165) is 5.56 Å². The van der Waals surface area contributed by atoms with Gasteiger partial charge in [0.25, 0.3) is 0 Å². The first-order valence-electron chi connectivity index (χ1n) is 10.2. The van der Waals surface area contributed by atoms with Crippen LogP contribution >= 0.6 is 0 Å². The first-order valence-corrected chi connectivity index (χ1v) is 10.2.